The first-order chi connectivity index (χ1) is 14.5. The molecule has 6 nitrogen and oxygen atoms in total. The normalized spacial score (nSPS) is 10.0. The van der Waals surface area contributed by atoms with Crippen molar-refractivity contribution in [3.63, 3.8) is 0 Å². The smallest absolute Gasteiger partial charge is 0.343 e. The summed E-state index contributed by atoms with van der Waals surface area (Å²) in [5, 5.41) is 8.72. The van der Waals surface area contributed by atoms with Crippen molar-refractivity contribution in [3.05, 3.63) is 72.1 Å². The van der Waals surface area contributed by atoms with Crippen molar-refractivity contribution < 1.29 is 28.2 Å². The molecule has 0 N–H and O–H groups in total. The molecule has 0 saturated heterocycles. The molecule has 0 unspecified atom stereocenters. The van der Waals surface area contributed by atoms with E-state index < -0.39 is 17.8 Å². The van der Waals surface area contributed by atoms with Gasteiger partial charge in [-0.05, 0) is 62.1 Å². The molecule has 0 spiro atoms. The number of carbonyl (C=O) groups excluding carboxylic acids is 2. The van der Waals surface area contributed by atoms with Crippen molar-refractivity contribution in [1.82, 2.24) is 0 Å². The number of rotatable bonds is 11. The number of nitrogens with zero attached hydrogens (tertiary/aromatic N) is 1. The molecule has 2 aromatic carbocycles. The summed E-state index contributed by atoms with van der Waals surface area (Å²) >= 11 is 0. The Hall–Kier alpha value is -3.66. The third kappa shape index (κ3) is 7.40. The van der Waals surface area contributed by atoms with Gasteiger partial charge in [-0.25, -0.2) is 14.0 Å². The van der Waals surface area contributed by atoms with Gasteiger partial charge in [0.15, 0.2) is 0 Å². The topological polar surface area (TPSA) is 85.6 Å². The van der Waals surface area contributed by atoms with Gasteiger partial charge in [0.05, 0.1) is 24.3 Å². The van der Waals surface area contributed by atoms with Crippen LogP contribution in [-0.4, -0.2) is 25.2 Å². The molecule has 0 amide bonds. The highest BCUT2D eigenvalue weighted by atomic mass is 19.1. The highest BCUT2D eigenvalue weighted by Crippen LogP contribution is 2.19. The Balaban J connectivity index is 1.70. The molecule has 0 radical (unpaired) electrons. The maximum absolute atomic E-state index is 13.6. The van der Waals surface area contributed by atoms with Gasteiger partial charge in [-0.1, -0.05) is 6.58 Å². The van der Waals surface area contributed by atoms with Gasteiger partial charge in [0, 0.05) is 12.1 Å². The van der Waals surface area contributed by atoms with Crippen molar-refractivity contribution in [2.24, 2.45) is 0 Å². The lowest BCUT2D eigenvalue weighted by atomic mass is 10.2. The quantitative estimate of drug-likeness (QED) is 0.233. The third-order valence-electron chi connectivity index (χ3n) is 4.08. The van der Waals surface area contributed by atoms with Gasteiger partial charge in [-0.15, -0.1) is 0 Å². The Kier molecular flexibility index (Phi) is 9.07. The molecule has 0 aromatic heterocycles. The van der Waals surface area contributed by atoms with Crippen LogP contribution >= 0.6 is 0 Å². The number of carbonyl (C=O) groups is 2. The van der Waals surface area contributed by atoms with Gasteiger partial charge < -0.3 is 14.2 Å². The van der Waals surface area contributed by atoms with E-state index in [0.717, 1.165) is 37.8 Å². The number of nitriles is 1. The highest BCUT2D eigenvalue weighted by molar-refractivity contribution is 5.91. The van der Waals surface area contributed by atoms with Gasteiger partial charge >= 0.3 is 11.9 Å². The molecule has 0 aliphatic carbocycles. The van der Waals surface area contributed by atoms with Crippen LogP contribution in [0.15, 0.2) is 55.1 Å². The molecule has 7 heteroatoms. The van der Waals surface area contributed by atoms with Crippen molar-refractivity contribution in [2.75, 3.05) is 13.2 Å². The standard InChI is InChI=1S/C23H22FNO5/c1-2-22(26)29-14-6-4-3-5-13-28-19-10-7-17(8-11-19)23(27)30-20-12-9-18(16-25)21(24)15-20/h2,7-12,15H,1,3-6,13-14H2. The number of unbranched alkanes of at least 4 members (excludes halogenated alkanes) is 3. The molecule has 0 aliphatic rings. The van der Waals surface area contributed by atoms with E-state index in [1.54, 1.807) is 30.3 Å². The summed E-state index contributed by atoms with van der Waals surface area (Å²) in [6.45, 7) is 4.25. The third-order valence-corrected chi connectivity index (χ3v) is 4.08. The van der Waals surface area contributed by atoms with Crippen LogP contribution < -0.4 is 9.47 Å². The molecule has 0 fully saturated rings. The summed E-state index contributed by atoms with van der Waals surface area (Å²) in [4.78, 5) is 23.0. The van der Waals surface area contributed by atoms with E-state index in [1.165, 1.54) is 12.1 Å². The Morgan fingerprint density at radius 3 is 2.30 bits per heavy atom. The lowest BCUT2D eigenvalue weighted by Gasteiger charge is -2.08. The zero-order valence-electron chi connectivity index (χ0n) is 16.4. The monoisotopic (exact) mass is 411 g/mol. The van der Waals surface area contributed by atoms with Crippen molar-refractivity contribution in [1.29, 1.82) is 5.26 Å². The number of benzene rings is 2. The van der Waals surface area contributed by atoms with E-state index in [1.807, 2.05) is 0 Å². The van der Waals surface area contributed by atoms with Crippen LogP contribution in [-0.2, 0) is 9.53 Å². The fraction of sp³-hybridized carbons (Fsp3) is 0.261. The number of halogens is 1. The van der Waals surface area contributed by atoms with Gasteiger partial charge in [0.1, 0.15) is 23.4 Å². The Labute approximate surface area is 174 Å². The molecule has 30 heavy (non-hydrogen) atoms. The van der Waals surface area contributed by atoms with Gasteiger partial charge in [0.25, 0.3) is 0 Å². The Morgan fingerprint density at radius 1 is 1.00 bits per heavy atom. The number of esters is 2. The van der Waals surface area contributed by atoms with Crippen molar-refractivity contribution in [2.45, 2.75) is 25.7 Å². The van der Waals surface area contributed by atoms with E-state index in [4.69, 9.17) is 19.5 Å². The first-order valence-electron chi connectivity index (χ1n) is 9.47. The minimum Gasteiger partial charge on any atom is -0.494 e. The van der Waals surface area contributed by atoms with Crippen LogP contribution in [0, 0.1) is 17.1 Å². The van der Waals surface area contributed by atoms with Gasteiger partial charge in [0.2, 0.25) is 0 Å². The Morgan fingerprint density at radius 2 is 1.67 bits per heavy atom. The highest BCUT2D eigenvalue weighted by Gasteiger charge is 2.11. The number of hydrogen-bond donors (Lipinski definition) is 0. The van der Waals surface area contributed by atoms with Crippen LogP contribution in [0.1, 0.15) is 41.6 Å². The SMILES string of the molecule is C=CC(=O)OCCCCCCOc1ccc(C(=O)Oc2ccc(C#N)c(F)c2)cc1. The summed E-state index contributed by atoms with van der Waals surface area (Å²) in [5.41, 5.74) is 0.175. The van der Waals surface area contributed by atoms with Crippen LogP contribution in [0.3, 0.4) is 0 Å². The van der Waals surface area contributed by atoms with Crippen LogP contribution in [0.5, 0.6) is 11.5 Å². The largest absolute Gasteiger partial charge is 0.494 e. The van der Waals surface area contributed by atoms with Crippen molar-refractivity contribution >= 4 is 11.9 Å². The number of ether oxygens (including phenoxy) is 3. The van der Waals surface area contributed by atoms with Crippen LogP contribution in [0.25, 0.3) is 0 Å². The first-order valence-corrected chi connectivity index (χ1v) is 9.47. The average molecular weight is 411 g/mol. The summed E-state index contributed by atoms with van der Waals surface area (Å²) in [6.07, 6.45) is 4.65. The molecule has 2 aromatic rings. The minimum atomic E-state index is -0.746. The fourth-order valence-electron chi connectivity index (χ4n) is 2.48. The van der Waals surface area contributed by atoms with E-state index in [0.29, 0.717) is 24.5 Å². The molecule has 2 rings (SSSR count). The van der Waals surface area contributed by atoms with Crippen molar-refractivity contribution in [3.8, 4) is 17.6 Å². The molecule has 0 saturated carbocycles. The molecule has 156 valence electrons. The second kappa shape index (κ2) is 12.0. The van der Waals surface area contributed by atoms with Gasteiger partial charge in [-0.2, -0.15) is 5.26 Å². The number of hydrogen-bond acceptors (Lipinski definition) is 6. The summed E-state index contributed by atoms with van der Waals surface area (Å²) in [5.74, 6) is -1.14. The molecular weight excluding hydrogens is 389 g/mol. The van der Waals surface area contributed by atoms with E-state index in [2.05, 4.69) is 6.58 Å². The maximum atomic E-state index is 13.6. The zero-order chi connectivity index (χ0) is 21.8. The average Bonchev–Trinajstić information content (AvgIpc) is 2.75. The predicted molar refractivity (Wildman–Crippen MR) is 108 cm³/mol. The molecule has 0 bridgehead atoms. The zero-order valence-corrected chi connectivity index (χ0v) is 16.4. The predicted octanol–water partition coefficient (Wildman–Crippen LogP) is 4.58. The van der Waals surface area contributed by atoms with Crippen LogP contribution in [0.4, 0.5) is 4.39 Å². The van der Waals surface area contributed by atoms with Gasteiger partial charge in [-0.3, -0.25) is 0 Å². The maximum Gasteiger partial charge on any atom is 0.343 e. The molecular formula is C23H22FNO5. The lowest BCUT2D eigenvalue weighted by Crippen LogP contribution is -2.08. The van der Waals surface area contributed by atoms with E-state index in [-0.39, 0.29) is 11.3 Å². The summed E-state index contributed by atoms with van der Waals surface area (Å²) < 4.78 is 29.2. The second-order valence-corrected chi connectivity index (χ2v) is 6.30. The second-order valence-electron chi connectivity index (χ2n) is 6.30. The summed E-state index contributed by atoms with van der Waals surface area (Å²) in [6, 6.07) is 11.8. The lowest BCUT2D eigenvalue weighted by molar-refractivity contribution is -0.137. The molecule has 0 heterocycles. The minimum absolute atomic E-state index is 0.0242. The fourth-order valence-corrected chi connectivity index (χ4v) is 2.48. The van der Waals surface area contributed by atoms with Crippen LogP contribution in [0.2, 0.25) is 0 Å². The molecule has 0 atom stereocenters. The molecule has 0 aliphatic heterocycles. The van der Waals surface area contributed by atoms with E-state index in [9.17, 15) is 14.0 Å². The summed E-state index contributed by atoms with van der Waals surface area (Å²) in [7, 11) is 0. The first kappa shape index (κ1) is 22.6. The Bertz CT molecular complexity index is 918. The van der Waals surface area contributed by atoms with E-state index >= 15 is 0 Å².